The van der Waals surface area contributed by atoms with E-state index in [1.807, 2.05) is 6.92 Å². The molecule has 0 bridgehead atoms. The van der Waals surface area contributed by atoms with Crippen LogP contribution in [-0.2, 0) is 23.1 Å². The smallest absolute Gasteiger partial charge is 0.453 e. The lowest BCUT2D eigenvalue weighted by atomic mass is 10.0. The van der Waals surface area contributed by atoms with E-state index in [0.29, 0.717) is 5.75 Å². The van der Waals surface area contributed by atoms with Crippen molar-refractivity contribution in [2.45, 2.75) is 44.9 Å². The van der Waals surface area contributed by atoms with Crippen LogP contribution in [0.3, 0.4) is 0 Å². The van der Waals surface area contributed by atoms with Crippen molar-refractivity contribution < 1.29 is 49.7 Å². The van der Waals surface area contributed by atoms with Crippen LogP contribution in [-0.4, -0.2) is 47.2 Å². The summed E-state index contributed by atoms with van der Waals surface area (Å²) in [5.74, 6) is -2.22. The van der Waals surface area contributed by atoms with Gasteiger partial charge in [0.1, 0.15) is 22.8 Å². The van der Waals surface area contributed by atoms with Gasteiger partial charge in [-0.25, -0.2) is 0 Å². The summed E-state index contributed by atoms with van der Waals surface area (Å²) in [6.07, 6.45) is -2.02. The first-order chi connectivity index (χ1) is 17.7. The van der Waals surface area contributed by atoms with Crippen molar-refractivity contribution in [2.75, 3.05) is 13.7 Å². The van der Waals surface area contributed by atoms with Crippen LogP contribution in [0.25, 0.3) is 11.0 Å². The molecular weight excluding hydrogens is 535 g/mol. The van der Waals surface area contributed by atoms with Crippen molar-refractivity contribution in [1.82, 2.24) is 4.90 Å². The lowest BCUT2D eigenvalue weighted by Gasteiger charge is -2.33. The van der Waals surface area contributed by atoms with Crippen LogP contribution >= 0.6 is 0 Å². The van der Waals surface area contributed by atoms with Crippen LogP contribution in [0, 0.1) is 0 Å². The fraction of sp³-hybridized carbons (Fsp3) is 0.375. The minimum atomic E-state index is -4.99. The van der Waals surface area contributed by atoms with Gasteiger partial charge >= 0.3 is 16.6 Å². The second-order valence-electron chi connectivity index (χ2n) is 8.57. The fourth-order valence-corrected chi connectivity index (χ4v) is 4.08. The zero-order valence-electron chi connectivity index (χ0n) is 20.4. The highest BCUT2D eigenvalue weighted by molar-refractivity contribution is 7.79. The minimum absolute atomic E-state index is 0.0223. The Balaban J connectivity index is 0.000000732. The van der Waals surface area contributed by atoms with Gasteiger partial charge in [-0.05, 0) is 62.7 Å². The molecule has 1 atom stereocenters. The van der Waals surface area contributed by atoms with Crippen LogP contribution in [0.4, 0.5) is 13.2 Å². The molecule has 0 saturated carbocycles. The van der Waals surface area contributed by atoms with Gasteiger partial charge in [-0.2, -0.15) is 21.6 Å². The number of hydrogen-bond acceptors (Lipinski definition) is 8. The van der Waals surface area contributed by atoms with Crippen LogP contribution in [0.5, 0.6) is 23.0 Å². The van der Waals surface area contributed by atoms with Gasteiger partial charge in [0.25, 0.3) is 5.76 Å². The number of phenolic OH excluding ortho intramolecular Hbond substituents is 1. The third-order valence-electron chi connectivity index (χ3n) is 5.94. The van der Waals surface area contributed by atoms with Crippen molar-refractivity contribution in [1.29, 1.82) is 0 Å². The lowest BCUT2D eigenvalue weighted by Crippen LogP contribution is -2.36. The number of fused-ring (bicyclic) bond motifs is 1. The first-order valence-corrected chi connectivity index (χ1v) is 12.7. The number of likely N-dealkylation sites (tertiary alicyclic amines) is 1. The Bertz CT molecular complexity index is 1430. The number of alkyl halides is 3. The number of piperidine rings is 1. The van der Waals surface area contributed by atoms with Crippen LogP contribution < -0.4 is 14.9 Å². The highest BCUT2D eigenvalue weighted by Crippen LogP contribution is 2.40. The normalized spacial score (nSPS) is 16.6. The van der Waals surface area contributed by atoms with E-state index in [1.165, 1.54) is 43.5 Å². The van der Waals surface area contributed by atoms with E-state index < -0.39 is 33.5 Å². The molecule has 0 radical (unpaired) electrons. The average Bonchev–Trinajstić information content (AvgIpc) is 2.82. The third-order valence-corrected chi connectivity index (χ3v) is 5.94. The van der Waals surface area contributed by atoms with Crippen molar-refractivity contribution in [2.24, 2.45) is 0 Å². The van der Waals surface area contributed by atoms with Crippen LogP contribution in [0.15, 0.2) is 45.6 Å². The molecule has 1 unspecified atom stereocenters. The van der Waals surface area contributed by atoms with Gasteiger partial charge in [-0.15, -0.1) is 0 Å². The first kappa shape index (κ1) is 29.2. The predicted molar refractivity (Wildman–Crippen MR) is 130 cm³/mol. The summed E-state index contributed by atoms with van der Waals surface area (Å²) in [6, 6.07) is 8.53. The van der Waals surface area contributed by atoms with Crippen molar-refractivity contribution in [3.63, 3.8) is 0 Å². The number of methoxy groups -OCH3 is 1. The third kappa shape index (κ3) is 7.37. The summed E-state index contributed by atoms with van der Waals surface area (Å²) >= 11 is 0. The molecule has 2 aromatic carbocycles. The molecule has 14 heteroatoms. The predicted octanol–water partition coefficient (Wildman–Crippen LogP) is 5.04. The first-order valence-electron chi connectivity index (χ1n) is 11.3. The second-order valence-corrected chi connectivity index (χ2v) is 9.46. The number of rotatable bonds is 5. The Morgan fingerprint density at radius 1 is 1.08 bits per heavy atom. The van der Waals surface area contributed by atoms with Gasteiger partial charge in [0.05, 0.1) is 18.1 Å². The monoisotopic (exact) mass is 561 g/mol. The summed E-state index contributed by atoms with van der Waals surface area (Å²) in [5.41, 5.74) is -1.10. The van der Waals surface area contributed by atoms with Gasteiger partial charge < -0.3 is 19.0 Å². The van der Waals surface area contributed by atoms with Crippen molar-refractivity contribution >= 4 is 21.4 Å². The zero-order chi connectivity index (χ0) is 28.3. The SMILES string of the molecule is COc1ccc(Oc2c(C(F)(F)F)oc3c(CN4CCCCC4C)c(O)ccc3c2=O)cc1.O=S(=O)(O)O. The van der Waals surface area contributed by atoms with E-state index in [9.17, 15) is 23.1 Å². The molecule has 0 aliphatic carbocycles. The number of phenols is 1. The molecule has 10 nitrogen and oxygen atoms in total. The zero-order valence-corrected chi connectivity index (χ0v) is 21.2. The summed E-state index contributed by atoms with van der Waals surface area (Å²) in [5, 5.41) is 10.4. The maximum absolute atomic E-state index is 13.9. The average molecular weight is 562 g/mol. The van der Waals surface area contributed by atoms with Gasteiger partial charge in [0.15, 0.2) is 0 Å². The number of hydrogen-bond donors (Lipinski definition) is 3. The van der Waals surface area contributed by atoms with Gasteiger partial charge in [-0.3, -0.25) is 18.8 Å². The van der Waals surface area contributed by atoms with Gasteiger partial charge in [0, 0.05) is 12.6 Å². The quantitative estimate of drug-likeness (QED) is 0.362. The summed E-state index contributed by atoms with van der Waals surface area (Å²) in [6.45, 7) is 2.94. The van der Waals surface area contributed by atoms with E-state index in [4.69, 9.17) is 31.4 Å². The topological polar surface area (TPSA) is 147 Å². The molecule has 4 rings (SSSR count). The molecule has 0 spiro atoms. The molecule has 38 heavy (non-hydrogen) atoms. The van der Waals surface area contributed by atoms with Crippen molar-refractivity contribution in [3.8, 4) is 23.0 Å². The summed E-state index contributed by atoms with van der Waals surface area (Å²) in [7, 11) is -3.22. The molecule has 1 fully saturated rings. The Kier molecular flexibility index (Phi) is 8.92. The van der Waals surface area contributed by atoms with Crippen LogP contribution in [0.1, 0.15) is 37.5 Å². The highest BCUT2D eigenvalue weighted by Gasteiger charge is 2.41. The van der Waals surface area contributed by atoms with E-state index in [1.54, 1.807) is 0 Å². The summed E-state index contributed by atoms with van der Waals surface area (Å²) in [4.78, 5) is 15.2. The van der Waals surface area contributed by atoms with E-state index in [2.05, 4.69) is 4.90 Å². The molecular formula is C24H26F3NO9S. The molecule has 3 N–H and O–H groups in total. The standard InChI is InChI=1S/C24H24F3NO5.H2O4S/c1-14-5-3-4-12-28(14)13-18-19(29)11-10-17-20(30)22(23(24(25,26)27)33-21(17)18)32-16-8-6-15(31-2)7-9-16;1-5(2,3)4/h6-11,14,29H,3-5,12-13H2,1-2H3;(H2,1,2,3,4). The molecule has 1 aromatic heterocycles. The molecule has 0 amide bonds. The summed E-state index contributed by atoms with van der Waals surface area (Å²) < 4.78 is 89.0. The van der Waals surface area contributed by atoms with Crippen molar-refractivity contribution in [3.05, 3.63) is 57.9 Å². The molecule has 208 valence electrons. The Morgan fingerprint density at radius 2 is 1.68 bits per heavy atom. The lowest BCUT2D eigenvalue weighted by molar-refractivity contribution is -0.154. The maximum Gasteiger partial charge on any atom is 0.453 e. The number of halogens is 3. The Morgan fingerprint density at radius 3 is 2.24 bits per heavy atom. The molecule has 3 aromatic rings. The van der Waals surface area contributed by atoms with Crippen LogP contribution in [0.2, 0.25) is 0 Å². The minimum Gasteiger partial charge on any atom is -0.507 e. The van der Waals surface area contributed by atoms with E-state index >= 15 is 0 Å². The largest absolute Gasteiger partial charge is 0.507 e. The maximum atomic E-state index is 13.9. The molecule has 1 saturated heterocycles. The molecule has 2 heterocycles. The molecule has 1 aliphatic rings. The Hall–Kier alpha value is -3.33. The highest BCUT2D eigenvalue weighted by atomic mass is 32.3. The van der Waals surface area contributed by atoms with E-state index in [0.717, 1.165) is 25.8 Å². The molecule has 1 aliphatic heterocycles. The number of benzene rings is 2. The van der Waals surface area contributed by atoms with E-state index in [-0.39, 0.29) is 40.6 Å². The fourth-order valence-electron chi connectivity index (χ4n) is 4.08. The number of ether oxygens (including phenoxy) is 2. The number of aromatic hydroxyl groups is 1. The van der Waals surface area contributed by atoms with Gasteiger partial charge in [0.2, 0.25) is 11.2 Å². The van der Waals surface area contributed by atoms with Gasteiger partial charge in [-0.1, -0.05) is 6.42 Å². The second kappa shape index (κ2) is 11.6. The Labute approximate surface area is 215 Å². The number of nitrogens with zero attached hydrogens (tertiary/aromatic N) is 1.